The van der Waals surface area contributed by atoms with Gasteiger partial charge in [-0.3, -0.25) is 20.4 Å². The minimum atomic E-state index is -0.486. The molecule has 25 heavy (non-hydrogen) atoms. The molecule has 0 heterocycles. The van der Waals surface area contributed by atoms with Crippen molar-refractivity contribution < 1.29 is 14.3 Å². The largest absolute Gasteiger partial charge is 0.484 e. The number of carbonyl (C=O) groups excluding carboxylic acids is 2. The number of amides is 2. The van der Waals surface area contributed by atoms with E-state index in [1.807, 2.05) is 18.2 Å². The van der Waals surface area contributed by atoms with Crippen molar-refractivity contribution in [3.8, 4) is 11.8 Å². The van der Waals surface area contributed by atoms with Gasteiger partial charge in [0.2, 0.25) is 5.91 Å². The summed E-state index contributed by atoms with van der Waals surface area (Å²) >= 11 is 5.88. The van der Waals surface area contributed by atoms with E-state index in [4.69, 9.17) is 21.6 Å². The monoisotopic (exact) mass is 357 g/mol. The molecule has 2 aromatic rings. The number of hydrogen-bond acceptors (Lipinski definition) is 4. The molecule has 0 saturated heterocycles. The van der Waals surface area contributed by atoms with Crippen molar-refractivity contribution in [3.63, 3.8) is 0 Å². The normalized spacial score (nSPS) is 9.76. The molecule has 0 bridgehead atoms. The highest BCUT2D eigenvalue weighted by Crippen LogP contribution is 2.12. The second kappa shape index (κ2) is 9.30. The summed E-state index contributed by atoms with van der Waals surface area (Å²) in [5.41, 5.74) is 6.05. The van der Waals surface area contributed by atoms with Crippen LogP contribution in [0.2, 0.25) is 5.02 Å². The zero-order chi connectivity index (χ0) is 18.1. The molecule has 7 heteroatoms. The first-order valence-electron chi connectivity index (χ1n) is 7.52. The predicted octanol–water partition coefficient (Wildman–Crippen LogP) is 2.37. The summed E-state index contributed by atoms with van der Waals surface area (Å²) in [6.07, 6.45) is 0.737. The van der Waals surface area contributed by atoms with Gasteiger partial charge in [-0.2, -0.15) is 5.26 Å². The third-order valence-electron chi connectivity index (χ3n) is 3.22. The van der Waals surface area contributed by atoms with Crippen molar-refractivity contribution in [1.29, 1.82) is 5.26 Å². The Balaban J connectivity index is 1.66. The Hall–Kier alpha value is -3.04. The average Bonchev–Trinajstić information content (AvgIpc) is 2.63. The van der Waals surface area contributed by atoms with Crippen molar-refractivity contribution in [1.82, 2.24) is 10.9 Å². The number of hydrogen-bond donors (Lipinski definition) is 2. The number of rotatable bonds is 6. The van der Waals surface area contributed by atoms with Crippen LogP contribution < -0.4 is 15.6 Å². The molecule has 0 aliphatic heterocycles. The lowest BCUT2D eigenvalue weighted by atomic mass is 10.1. The molecule has 0 unspecified atom stereocenters. The molecule has 0 aliphatic rings. The fourth-order valence-electron chi connectivity index (χ4n) is 1.96. The van der Waals surface area contributed by atoms with Crippen LogP contribution in [-0.2, 0) is 16.0 Å². The van der Waals surface area contributed by atoms with Crippen LogP contribution in [0.3, 0.4) is 0 Å². The van der Waals surface area contributed by atoms with Gasteiger partial charge in [0.25, 0.3) is 5.91 Å². The Labute approximate surface area is 150 Å². The highest BCUT2D eigenvalue weighted by molar-refractivity contribution is 6.30. The molecule has 0 aromatic heterocycles. The topological polar surface area (TPSA) is 91.2 Å². The van der Waals surface area contributed by atoms with Gasteiger partial charge in [-0.05, 0) is 48.4 Å². The number of hydrazine groups is 1. The maximum Gasteiger partial charge on any atom is 0.276 e. The van der Waals surface area contributed by atoms with E-state index < -0.39 is 5.91 Å². The quantitative estimate of drug-likeness (QED) is 0.776. The molecule has 0 aliphatic carbocycles. The fourth-order valence-corrected chi connectivity index (χ4v) is 2.18. The summed E-state index contributed by atoms with van der Waals surface area (Å²) < 4.78 is 5.25. The molecule has 0 spiro atoms. The molecule has 0 radical (unpaired) electrons. The van der Waals surface area contributed by atoms with Gasteiger partial charge in [-0.15, -0.1) is 0 Å². The molecule has 128 valence electrons. The van der Waals surface area contributed by atoms with Crippen LogP contribution in [-0.4, -0.2) is 18.4 Å². The molecule has 0 atom stereocenters. The summed E-state index contributed by atoms with van der Waals surface area (Å²) in [6, 6.07) is 15.6. The molecular weight excluding hydrogens is 342 g/mol. The molecular formula is C18H16ClN3O3. The summed E-state index contributed by atoms with van der Waals surface area (Å²) in [6.45, 7) is -0.250. The SMILES string of the molecule is N#Cc1ccc(OCC(=O)NNC(=O)CCc2cccc(Cl)c2)cc1. The van der Waals surface area contributed by atoms with Crippen LogP contribution in [0.25, 0.3) is 0 Å². The number of nitrogens with one attached hydrogen (secondary N) is 2. The summed E-state index contributed by atoms with van der Waals surface area (Å²) in [7, 11) is 0. The van der Waals surface area contributed by atoms with Gasteiger partial charge in [0.1, 0.15) is 5.75 Å². The summed E-state index contributed by atoms with van der Waals surface area (Å²) in [4.78, 5) is 23.4. The van der Waals surface area contributed by atoms with Gasteiger partial charge in [-0.1, -0.05) is 23.7 Å². The maximum atomic E-state index is 11.7. The lowest BCUT2D eigenvalue weighted by molar-refractivity contribution is -0.130. The van der Waals surface area contributed by atoms with Gasteiger partial charge in [-0.25, -0.2) is 0 Å². The van der Waals surface area contributed by atoms with Crippen molar-refractivity contribution in [3.05, 3.63) is 64.7 Å². The standard InChI is InChI=1S/C18H16ClN3O3/c19-15-3-1-2-13(10-15)6-9-17(23)21-22-18(24)12-25-16-7-4-14(11-20)5-8-16/h1-5,7-8,10H,6,9,12H2,(H,21,23)(H,22,24). The van der Waals surface area contributed by atoms with Crippen molar-refractivity contribution in [2.24, 2.45) is 0 Å². The number of ether oxygens (including phenoxy) is 1. The average molecular weight is 358 g/mol. The molecule has 6 nitrogen and oxygen atoms in total. The Bertz CT molecular complexity index is 785. The minimum Gasteiger partial charge on any atom is -0.484 e. The third kappa shape index (κ3) is 6.53. The Morgan fingerprint density at radius 2 is 1.80 bits per heavy atom. The van der Waals surface area contributed by atoms with E-state index in [0.717, 1.165) is 5.56 Å². The first-order chi connectivity index (χ1) is 12.1. The molecule has 2 amide bonds. The number of nitriles is 1. The molecule has 0 fully saturated rings. The van der Waals surface area contributed by atoms with Crippen LogP contribution in [0, 0.1) is 11.3 Å². The van der Waals surface area contributed by atoms with E-state index >= 15 is 0 Å². The Morgan fingerprint density at radius 1 is 1.08 bits per heavy atom. The van der Waals surface area contributed by atoms with E-state index in [1.165, 1.54) is 0 Å². The highest BCUT2D eigenvalue weighted by atomic mass is 35.5. The molecule has 2 aromatic carbocycles. The van der Waals surface area contributed by atoms with Gasteiger partial charge < -0.3 is 4.74 Å². The summed E-state index contributed by atoms with van der Waals surface area (Å²) in [5.74, 6) is -0.339. The smallest absolute Gasteiger partial charge is 0.276 e. The van der Waals surface area contributed by atoms with E-state index in [0.29, 0.717) is 22.8 Å². The first kappa shape index (κ1) is 18.3. The maximum absolute atomic E-state index is 11.7. The van der Waals surface area contributed by atoms with Crippen LogP contribution in [0.5, 0.6) is 5.75 Å². The minimum absolute atomic E-state index is 0.219. The van der Waals surface area contributed by atoms with Crippen LogP contribution in [0.15, 0.2) is 48.5 Å². The van der Waals surface area contributed by atoms with E-state index in [1.54, 1.807) is 36.4 Å². The fraction of sp³-hybridized carbons (Fsp3) is 0.167. The Kier molecular flexibility index (Phi) is 6.81. The van der Waals surface area contributed by atoms with Crippen LogP contribution in [0.1, 0.15) is 17.5 Å². The van der Waals surface area contributed by atoms with Gasteiger partial charge in [0.15, 0.2) is 6.61 Å². The number of benzene rings is 2. The van der Waals surface area contributed by atoms with Gasteiger partial charge >= 0.3 is 0 Å². The molecule has 2 N–H and O–H groups in total. The second-order valence-electron chi connectivity index (χ2n) is 5.15. The Morgan fingerprint density at radius 3 is 2.48 bits per heavy atom. The van der Waals surface area contributed by atoms with Crippen LogP contribution in [0.4, 0.5) is 0 Å². The number of halogens is 1. The number of aryl methyl sites for hydroxylation is 1. The molecule has 0 saturated carbocycles. The van der Waals surface area contributed by atoms with Gasteiger partial charge in [0, 0.05) is 11.4 Å². The lowest BCUT2D eigenvalue weighted by Crippen LogP contribution is -2.43. The van der Waals surface area contributed by atoms with Gasteiger partial charge in [0.05, 0.1) is 11.6 Å². The summed E-state index contributed by atoms with van der Waals surface area (Å²) in [5, 5.41) is 9.31. The van der Waals surface area contributed by atoms with E-state index in [2.05, 4.69) is 10.9 Å². The number of carbonyl (C=O) groups is 2. The van der Waals surface area contributed by atoms with E-state index in [-0.39, 0.29) is 18.9 Å². The highest BCUT2D eigenvalue weighted by Gasteiger charge is 2.06. The number of nitrogens with zero attached hydrogens (tertiary/aromatic N) is 1. The van der Waals surface area contributed by atoms with E-state index in [9.17, 15) is 9.59 Å². The third-order valence-corrected chi connectivity index (χ3v) is 3.46. The zero-order valence-corrected chi connectivity index (χ0v) is 14.0. The molecule has 2 rings (SSSR count). The van der Waals surface area contributed by atoms with Crippen molar-refractivity contribution >= 4 is 23.4 Å². The predicted molar refractivity (Wildman–Crippen MR) is 92.7 cm³/mol. The zero-order valence-electron chi connectivity index (χ0n) is 13.3. The lowest BCUT2D eigenvalue weighted by Gasteiger charge is -2.09. The van der Waals surface area contributed by atoms with Crippen molar-refractivity contribution in [2.45, 2.75) is 12.8 Å². The van der Waals surface area contributed by atoms with Crippen LogP contribution >= 0.6 is 11.6 Å². The van der Waals surface area contributed by atoms with Crippen molar-refractivity contribution in [2.75, 3.05) is 6.61 Å². The first-order valence-corrected chi connectivity index (χ1v) is 7.89. The second-order valence-corrected chi connectivity index (χ2v) is 5.59.